The summed E-state index contributed by atoms with van der Waals surface area (Å²) in [5, 5.41) is 11.0. The summed E-state index contributed by atoms with van der Waals surface area (Å²) in [4.78, 5) is 18.6. The van der Waals surface area contributed by atoms with Crippen molar-refractivity contribution in [3.8, 4) is 0 Å². The molecule has 3 heterocycles. The molecule has 1 aliphatic rings. The Bertz CT molecular complexity index is 864. The highest BCUT2D eigenvalue weighted by Gasteiger charge is 2.30. The van der Waals surface area contributed by atoms with E-state index in [1.807, 2.05) is 47.4 Å². The number of carbonyl (C=O) groups is 1. The van der Waals surface area contributed by atoms with Gasteiger partial charge in [0.15, 0.2) is 5.82 Å². The van der Waals surface area contributed by atoms with Crippen molar-refractivity contribution in [1.29, 1.82) is 0 Å². The van der Waals surface area contributed by atoms with Gasteiger partial charge in [0, 0.05) is 18.9 Å². The summed E-state index contributed by atoms with van der Waals surface area (Å²) >= 11 is 0. The largest absolute Gasteiger partial charge is 0.323 e. The Morgan fingerprint density at radius 2 is 1.96 bits per heavy atom. The first-order valence-electron chi connectivity index (χ1n) is 8.71. The summed E-state index contributed by atoms with van der Waals surface area (Å²) in [5.74, 6) is 0.464. The molecule has 26 heavy (non-hydrogen) atoms. The Morgan fingerprint density at radius 1 is 1.15 bits per heavy atom. The normalized spacial score (nSPS) is 16.6. The van der Waals surface area contributed by atoms with Crippen LogP contribution in [0.3, 0.4) is 0 Å². The van der Waals surface area contributed by atoms with Gasteiger partial charge in [-0.3, -0.25) is 10.3 Å². The minimum absolute atomic E-state index is 0.0809. The van der Waals surface area contributed by atoms with Crippen molar-refractivity contribution in [3.05, 3.63) is 72.2 Å². The zero-order chi connectivity index (χ0) is 17.8. The van der Waals surface area contributed by atoms with Gasteiger partial charge in [0.05, 0.1) is 18.8 Å². The summed E-state index contributed by atoms with van der Waals surface area (Å²) in [6, 6.07) is 13.9. The molecule has 0 bridgehead atoms. The van der Waals surface area contributed by atoms with Gasteiger partial charge in [-0.15, -0.1) is 5.10 Å². The van der Waals surface area contributed by atoms with Crippen molar-refractivity contribution in [3.63, 3.8) is 0 Å². The maximum Gasteiger partial charge on any atom is 0.323 e. The van der Waals surface area contributed by atoms with E-state index in [0.717, 1.165) is 30.5 Å². The van der Waals surface area contributed by atoms with Crippen LogP contribution in [0.25, 0.3) is 0 Å². The second-order valence-electron chi connectivity index (χ2n) is 6.35. The fraction of sp³-hybridized carbons (Fsp3) is 0.263. The lowest BCUT2D eigenvalue weighted by atomic mass is 10.1. The molecule has 1 aromatic carbocycles. The molecule has 0 spiro atoms. The Labute approximate surface area is 151 Å². The molecule has 0 radical (unpaired) electrons. The lowest BCUT2D eigenvalue weighted by Gasteiger charge is -2.24. The minimum atomic E-state index is -0.143. The second-order valence-corrected chi connectivity index (χ2v) is 6.35. The number of hydrogen-bond acceptors (Lipinski definition) is 4. The highest BCUT2D eigenvalue weighted by molar-refractivity contribution is 5.88. The van der Waals surface area contributed by atoms with Gasteiger partial charge >= 0.3 is 6.03 Å². The lowest BCUT2D eigenvalue weighted by Crippen LogP contribution is -2.34. The third-order valence-electron chi connectivity index (χ3n) is 4.57. The fourth-order valence-corrected chi connectivity index (χ4v) is 3.33. The molecule has 1 saturated heterocycles. The number of anilines is 1. The van der Waals surface area contributed by atoms with Gasteiger partial charge in [-0.2, -0.15) is 0 Å². The maximum atomic E-state index is 12.7. The first-order chi connectivity index (χ1) is 12.8. The third kappa shape index (κ3) is 3.56. The Hall–Kier alpha value is -3.22. The van der Waals surface area contributed by atoms with Crippen LogP contribution in [0.1, 0.15) is 30.0 Å². The molecule has 3 aromatic rings. The number of likely N-dealkylation sites (tertiary alicyclic amines) is 1. The first-order valence-corrected chi connectivity index (χ1v) is 8.71. The van der Waals surface area contributed by atoms with Crippen molar-refractivity contribution in [2.75, 3.05) is 11.9 Å². The molecule has 0 saturated carbocycles. The number of nitrogens with one attached hydrogen (secondary N) is 1. The van der Waals surface area contributed by atoms with Gasteiger partial charge < -0.3 is 4.90 Å². The summed E-state index contributed by atoms with van der Waals surface area (Å²) in [7, 11) is 0. The molecule has 4 rings (SSSR count). The monoisotopic (exact) mass is 348 g/mol. The predicted octanol–water partition coefficient (Wildman–Crippen LogP) is 3.09. The molecular weight excluding hydrogens is 328 g/mol. The summed E-state index contributed by atoms with van der Waals surface area (Å²) < 4.78 is 1.72. The molecule has 0 aliphatic carbocycles. The van der Waals surface area contributed by atoms with Crippen LogP contribution in [-0.4, -0.2) is 37.5 Å². The van der Waals surface area contributed by atoms with E-state index >= 15 is 0 Å². The SMILES string of the molecule is O=C(Nc1cn(Cc2ccccc2)nn1)N1CCC[C@H]1c1ccncc1. The highest BCUT2D eigenvalue weighted by Crippen LogP contribution is 2.31. The van der Waals surface area contributed by atoms with Gasteiger partial charge in [-0.25, -0.2) is 9.48 Å². The number of hydrogen-bond donors (Lipinski definition) is 1. The van der Waals surface area contributed by atoms with Crippen molar-refractivity contribution >= 4 is 11.8 Å². The van der Waals surface area contributed by atoms with Crippen LogP contribution in [0.15, 0.2) is 61.1 Å². The van der Waals surface area contributed by atoms with Crippen molar-refractivity contribution in [2.45, 2.75) is 25.4 Å². The van der Waals surface area contributed by atoms with Gasteiger partial charge in [0.25, 0.3) is 0 Å². The summed E-state index contributed by atoms with van der Waals surface area (Å²) in [6.45, 7) is 1.35. The van der Waals surface area contributed by atoms with Crippen molar-refractivity contribution in [1.82, 2.24) is 24.9 Å². The van der Waals surface area contributed by atoms with Gasteiger partial charge in [-0.1, -0.05) is 35.5 Å². The molecule has 0 unspecified atom stereocenters. The van der Waals surface area contributed by atoms with Crippen LogP contribution in [0.4, 0.5) is 10.6 Å². The molecule has 1 atom stereocenters. The average Bonchev–Trinajstić information content (AvgIpc) is 3.33. The molecule has 1 fully saturated rings. The van der Waals surface area contributed by atoms with Crippen LogP contribution < -0.4 is 5.32 Å². The molecule has 1 aliphatic heterocycles. The number of nitrogens with zero attached hydrogens (tertiary/aromatic N) is 5. The fourth-order valence-electron chi connectivity index (χ4n) is 3.33. The van der Waals surface area contributed by atoms with Gasteiger partial charge in [0.2, 0.25) is 0 Å². The predicted molar refractivity (Wildman–Crippen MR) is 97.5 cm³/mol. The quantitative estimate of drug-likeness (QED) is 0.786. The lowest BCUT2D eigenvalue weighted by molar-refractivity contribution is 0.207. The first kappa shape index (κ1) is 16.3. The number of pyridine rings is 1. The van der Waals surface area contributed by atoms with Gasteiger partial charge in [0.1, 0.15) is 0 Å². The average molecular weight is 348 g/mol. The van der Waals surface area contributed by atoms with E-state index in [1.165, 1.54) is 0 Å². The number of carbonyl (C=O) groups excluding carboxylic acids is 1. The molecule has 7 heteroatoms. The van der Waals surface area contributed by atoms with Crippen LogP contribution in [0, 0.1) is 0 Å². The van der Waals surface area contributed by atoms with E-state index in [4.69, 9.17) is 0 Å². The number of rotatable bonds is 4. The van der Waals surface area contributed by atoms with Crippen LogP contribution in [0.2, 0.25) is 0 Å². The van der Waals surface area contributed by atoms with E-state index in [9.17, 15) is 4.79 Å². The van der Waals surface area contributed by atoms with Crippen LogP contribution >= 0.6 is 0 Å². The van der Waals surface area contributed by atoms with Crippen molar-refractivity contribution in [2.24, 2.45) is 0 Å². The molecular formula is C19H20N6O. The number of benzene rings is 1. The standard InChI is InChI=1S/C19H20N6O/c26-19(25-12-4-7-17(25)16-8-10-20-11-9-16)21-18-14-24(23-22-18)13-15-5-2-1-3-6-15/h1-3,5-6,8-11,14,17H,4,7,12-13H2,(H,21,26)/t17-/m0/s1. The third-order valence-corrected chi connectivity index (χ3v) is 4.57. The van der Waals surface area contributed by atoms with E-state index in [2.05, 4.69) is 20.6 Å². The highest BCUT2D eigenvalue weighted by atomic mass is 16.2. The number of aromatic nitrogens is 4. The minimum Gasteiger partial charge on any atom is -0.317 e. The second kappa shape index (κ2) is 7.35. The maximum absolute atomic E-state index is 12.7. The van der Waals surface area contributed by atoms with E-state index < -0.39 is 0 Å². The molecule has 1 N–H and O–H groups in total. The number of urea groups is 1. The van der Waals surface area contributed by atoms with E-state index in [0.29, 0.717) is 12.4 Å². The van der Waals surface area contributed by atoms with Crippen LogP contribution in [0.5, 0.6) is 0 Å². The topological polar surface area (TPSA) is 75.9 Å². The molecule has 2 amide bonds. The summed E-state index contributed by atoms with van der Waals surface area (Å²) in [5.41, 5.74) is 2.24. The van der Waals surface area contributed by atoms with Crippen LogP contribution in [-0.2, 0) is 6.54 Å². The molecule has 7 nitrogen and oxygen atoms in total. The van der Waals surface area contributed by atoms with E-state index in [-0.39, 0.29) is 12.1 Å². The Kier molecular flexibility index (Phi) is 4.59. The number of amides is 2. The molecule has 132 valence electrons. The zero-order valence-electron chi connectivity index (χ0n) is 14.3. The van der Waals surface area contributed by atoms with Gasteiger partial charge in [-0.05, 0) is 36.1 Å². The Morgan fingerprint density at radius 3 is 2.77 bits per heavy atom. The smallest absolute Gasteiger partial charge is 0.317 e. The zero-order valence-corrected chi connectivity index (χ0v) is 14.3. The summed E-state index contributed by atoms with van der Waals surface area (Å²) in [6.07, 6.45) is 7.22. The van der Waals surface area contributed by atoms with Crippen molar-refractivity contribution < 1.29 is 4.79 Å². The molecule has 2 aromatic heterocycles. The van der Waals surface area contributed by atoms with E-state index in [1.54, 1.807) is 23.3 Å². The Balaban J connectivity index is 1.42.